The minimum atomic E-state index is -0.684. The van der Waals surface area contributed by atoms with Crippen LogP contribution in [0.25, 0.3) is 0 Å². The van der Waals surface area contributed by atoms with Gasteiger partial charge in [-0.2, -0.15) is 5.21 Å². The summed E-state index contributed by atoms with van der Waals surface area (Å²) in [4.78, 5) is 12.1. The van der Waals surface area contributed by atoms with Gasteiger partial charge in [-0.15, -0.1) is 10.2 Å². The molecule has 22 heavy (non-hydrogen) atoms. The van der Waals surface area contributed by atoms with E-state index in [1.54, 1.807) is 32.9 Å². The zero-order valence-electron chi connectivity index (χ0n) is 13.0. The number of tetrazole rings is 1. The number of carbonyl (C=O) groups excluding carboxylic acids is 1. The molecule has 7 heteroatoms. The van der Waals surface area contributed by atoms with Gasteiger partial charge in [0.1, 0.15) is 0 Å². The van der Waals surface area contributed by atoms with Crippen molar-refractivity contribution in [3.8, 4) is 0 Å². The first-order chi connectivity index (χ1) is 10.3. The molecule has 0 unspecified atom stereocenters. The molecule has 1 amide bonds. The Kier molecular flexibility index (Phi) is 4.87. The van der Waals surface area contributed by atoms with Gasteiger partial charge >= 0.3 is 0 Å². The highest BCUT2D eigenvalue weighted by molar-refractivity contribution is 5.94. The van der Waals surface area contributed by atoms with Gasteiger partial charge in [-0.25, -0.2) is 0 Å². The molecule has 0 spiro atoms. The molecule has 2 aromatic rings. The number of amides is 1. The Morgan fingerprint density at radius 2 is 2.05 bits per heavy atom. The number of aryl methyl sites for hydroxylation is 1. The highest BCUT2D eigenvalue weighted by atomic mass is 16.3. The quantitative estimate of drug-likeness (QED) is 0.748. The van der Waals surface area contributed by atoms with Crippen molar-refractivity contribution in [2.24, 2.45) is 0 Å². The first kappa shape index (κ1) is 16.1. The van der Waals surface area contributed by atoms with E-state index in [-0.39, 0.29) is 11.9 Å². The van der Waals surface area contributed by atoms with Crippen molar-refractivity contribution in [1.29, 1.82) is 0 Å². The number of aromatic amines is 1. The second-order valence-corrected chi connectivity index (χ2v) is 5.97. The fourth-order valence-corrected chi connectivity index (χ4v) is 1.97. The van der Waals surface area contributed by atoms with Gasteiger partial charge in [0.05, 0.1) is 11.6 Å². The lowest BCUT2D eigenvalue weighted by Gasteiger charge is -2.16. The number of hydrogen-bond acceptors (Lipinski definition) is 5. The number of aliphatic hydroxyl groups is 1. The monoisotopic (exact) mass is 303 g/mol. The summed E-state index contributed by atoms with van der Waals surface area (Å²) in [6, 6.07) is 7.04. The molecular formula is C15H21N5O2. The maximum Gasteiger partial charge on any atom is 0.251 e. The van der Waals surface area contributed by atoms with Crippen LogP contribution in [0.15, 0.2) is 24.3 Å². The molecule has 0 saturated heterocycles. The number of hydrogen-bond donors (Lipinski definition) is 3. The van der Waals surface area contributed by atoms with E-state index >= 15 is 0 Å². The van der Waals surface area contributed by atoms with E-state index in [4.69, 9.17) is 0 Å². The summed E-state index contributed by atoms with van der Waals surface area (Å²) in [5.41, 5.74) is 0.975. The summed E-state index contributed by atoms with van der Waals surface area (Å²) in [5, 5.41) is 26.0. The van der Waals surface area contributed by atoms with Crippen LogP contribution >= 0.6 is 0 Å². The molecule has 0 aliphatic carbocycles. The molecule has 1 heterocycles. The average molecular weight is 303 g/mol. The number of nitrogens with one attached hydrogen (secondary N) is 2. The van der Waals surface area contributed by atoms with Crippen LogP contribution in [0.3, 0.4) is 0 Å². The number of benzene rings is 1. The lowest BCUT2D eigenvalue weighted by molar-refractivity contribution is 0.0713. The van der Waals surface area contributed by atoms with Crippen molar-refractivity contribution >= 4 is 5.91 Å². The Labute approximate surface area is 129 Å². The third kappa shape index (κ3) is 4.63. The number of rotatable bonds is 6. The van der Waals surface area contributed by atoms with E-state index in [2.05, 4.69) is 25.9 Å². The maximum atomic E-state index is 12.1. The first-order valence-electron chi connectivity index (χ1n) is 7.21. The Morgan fingerprint density at radius 1 is 1.36 bits per heavy atom. The van der Waals surface area contributed by atoms with E-state index in [1.165, 1.54) is 0 Å². The van der Waals surface area contributed by atoms with Gasteiger partial charge in [-0.1, -0.05) is 17.3 Å². The summed E-state index contributed by atoms with van der Waals surface area (Å²) in [6.07, 6.45) is 1.44. The minimum Gasteiger partial charge on any atom is -0.390 e. The van der Waals surface area contributed by atoms with Crippen LogP contribution in [0.2, 0.25) is 0 Å². The topological polar surface area (TPSA) is 104 Å². The largest absolute Gasteiger partial charge is 0.390 e. The first-order valence-corrected chi connectivity index (χ1v) is 7.21. The fraction of sp³-hybridized carbons (Fsp3) is 0.467. The van der Waals surface area contributed by atoms with E-state index in [9.17, 15) is 9.90 Å². The lowest BCUT2D eigenvalue weighted by Crippen LogP contribution is -2.27. The SMILES string of the molecule is C[C@H](NC(=O)c1ccc(CCC(C)(C)O)cc1)c1nn[nH]n1. The zero-order chi connectivity index (χ0) is 16.2. The van der Waals surface area contributed by atoms with Crippen LogP contribution in [-0.4, -0.2) is 37.2 Å². The Morgan fingerprint density at radius 3 is 2.59 bits per heavy atom. The van der Waals surface area contributed by atoms with E-state index < -0.39 is 5.60 Å². The van der Waals surface area contributed by atoms with Gasteiger partial charge in [0, 0.05) is 5.56 Å². The number of H-pyrrole nitrogens is 1. The summed E-state index contributed by atoms with van der Waals surface area (Å²) in [6.45, 7) is 5.36. The minimum absolute atomic E-state index is 0.189. The fourth-order valence-electron chi connectivity index (χ4n) is 1.97. The van der Waals surface area contributed by atoms with Crippen LogP contribution in [0.4, 0.5) is 0 Å². The van der Waals surface area contributed by atoms with Crippen molar-refractivity contribution in [1.82, 2.24) is 25.9 Å². The van der Waals surface area contributed by atoms with Gasteiger partial charge in [0.25, 0.3) is 5.91 Å². The molecule has 0 radical (unpaired) electrons. The molecule has 2 rings (SSSR count). The molecule has 0 bridgehead atoms. The maximum absolute atomic E-state index is 12.1. The predicted molar refractivity (Wildman–Crippen MR) is 81.1 cm³/mol. The van der Waals surface area contributed by atoms with Gasteiger partial charge in [0.2, 0.25) is 0 Å². The number of carbonyl (C=O) groups is 1. The van der Waals surface area contributed by atoms with Crippen LogP contribution in [-0.2, 0) is 6.42 Å². The van der Waals surface area contributed by atoms with Crippen molar-refractivity contribution in [2.75, 3.05) is 0 Å². The summed E-state index contributed by atoms with van der Waals surface area (Å²) >= 11 is 0. The van der Waals surface area contributed by atoms with E-state index in [1.807, 2.05) is 12.1 Å². The molecule has 0 saturated carbocycles. The molecular weight excluding hydrogens is 282 g/mol. The van der Waals surface area contributed by atoms with Crippen LogP contribution in [0.5, 0.6) is 0 Å². The van der Waals surface area contributed by atoms with E-state index in [0.29, 0.717) is 17.8 Å². The standard InChI is InChI=1S/C15H21N5O2/c1-10(13-17-19-20-18-13)16-14(21)12-6-4-11(5-7-12)8-9-15(2,3)22/h4-7,10,22H,8-9H2,1-3H3,(H,16,21)(H,17,18,19,20)/t10-/m0/s1. The van der Waals surface area contributed by atoms with Gasteiger partial charge in [-0.3, -0.25) is 4.79 Å². The smallest absolute Gasteiger partial charge is 0.251 e. The Hall–Kier alpha value is -2.28. The molecule has 1 aromatic heterocycles. The number of aromatic nitrogens is 4. The highest BCUT2D eigenvalue weighted by Crippen LogP contribution is 2.14. The summed E-state index contributed by atoms with van der Waals surface area (Å²) < 4.78 is 0. The van der Waals surface area contributed by atoms with Crippen LogP contribution < -0.4 is 5.32 Å². The second kappa shape index (κ2) is 6.65. The Bertz CT molecular complexity index is 602. The van der Waals surface area contributed by atoms with Crippen molar-refractivity contribution in [3.63, 3.8) is 0 Å². The molecule has 7 nitrogen and oxygen atoms in total. The molecule has 1 aromatic carbocycles. The summed E-state index contributed by atoms with van der Waals surface area (Å²) in [5.74, 6) is 0.251. The van der Waals surface area contributed by atoms with Crippen molar-refractivity contribution < 1.29 is 9.90 Å². The van der Waals surface area contributed by atoms with Gasteiger partial charge < -0.3 is 10.4 Å². The zero-order valence-corrected chi connectivity index (χ0v) is 13.0. The molecule has 3 N–H and O–H groups in total. The van der Waals surface area contributed by atoms with E-state index in [0.717, 1.165) is 12.0 Å². The van der Waals surface area contributed by atoms with Crippen LogP contribution in [0, 0.1) is 0 Å². The second-order valence-electron chi connectivity index (χ2n) is 5.97. The summed E-state index contributed by atoms with van der Waals surface area (Å²) in [7, 11) is 0. The normalized spacial score (nSPS) is 12.9. The molecule has 0 aliphatic heterocycles. The predicted octanol–water partition coefficient (Wildman–Crippen LogP) is 1.39. The molecule has 118 valence electrons. The molecule has 0 aliphatic rings. The molecule has 1 atom stereocenters. The van der Waals surface area contributed by atoms with Gasteiger partial charge in [0.15, 0.2) is 5.82 Å². The van der Waals surface area contributed by atoms with Crippen molar-refractivity contribution in [3.05, 3.63) is 41.2 Å². The third-order valence-corrected chi connectivity index (χ3v) is 3.34. The molecule has 0 fully saturated rings. The highest BCUT2D eigenvalue weighted by Gasteiger charge is 2.15. The third-order valence-electron chi connectivity index (χ3n) is 3.34. The lowest BCUT2D eigenvalue weighted by atomic mass is 9.98. The van der Waals surface area contributed by atoms with Crippen molar-refractivity contribution in [2.45, 2.75) is 45.3 Å². The van der Waals surface area contributed by atoms with Gasteiger partial charge in [-0.05, 0) is 51.3 Å². The Balaban J connectivity index is 1.93. The number of nitrogens with zero attached hydrogens (tertiary/aromatic N) is 3. The van der Waals surface area contributed by atoms with Crippen LogP contribution in [0.1, 0.15) is 55.0 Å². The average Bonchev–Trinajstić information content (AvgIpc) is 2.99.